The molecule has 0 radical (unpaired) electrons. The molecule has 2 aromatic rings. The number of pyridine rings is 1. The van der Waals surface area contributed by atoms with E-state index in [0.717, 1.165) is 22.5 Å². The minimum atomic E-state index is -2.36. The Kier molecular flexibility index (Phi) is 5.73. The van der Waals surface area contributed by atoms with Crippen LogP contribution in [0.15, 0.2) is 46.9 Å². The van der Waals surface area contributed by atoms with Gasteiger partial charge in [-0.2, -0.15) is 0 Å². The van der Waals surface area contributed by atoms with Gasteiger partial charge in [0.25, 0.3) is 5.91 Å². The number of ketones is 2. The number of aliphatic hydroxyl groups excluding tert-OH is 1. The Balaban J connectivity index is 1.75. The normalized spacial score (nSPS) is 26.8. The van der Waals surface area contributed by atoms with Crippen LogP contribution in [0.25, 0.3) is 11.1 Å². The number of hydrogen-bond acceptors (Lipinski definition) is 9. The van der Waals surface area contributed by atoms with Crippen molar-refractivity contribution in [3.8, 4) is 16.9 Å². The first-order valence-electron chi connectivity index (χ1n) is 12.3. The van der Waals surface area contributed by atoms with Crippen molar-refractivity contribution in [2.45, 2.75) is 38.3 Å². The molecule has 3 aliphatic rings. The summed E-state index contributed by atoms with van der Waals surface area (Å²) in [5, 5.41) is 33.6. The second-order valence-corrected chi connectivity index (χ2v) is 10.7. The number of aromatic hydroxyl groups is 1. The molecule has 0 fully saturated rings. The molecule has 0 saturated carbocycles. The number of primary amides is 1. The van der Waals surface area contributed by atoms with Crippen molar-refractivity contribution in [2.75, 3.05) is 14.1 Å². The van der Waals surface area contributed by atoms with Crippen molar-refractivity contribution in [3.63, 3.8) is 0 Å². The predicted octanol–water partition coefficient (Wildman–Crippen LogP) is 1.20. The minimum absolute atomic E-state index is 0.0491. The molecule has 0 saturated heterocycles. The molecule has 1 aromatic heterocycles. The first-order chi connectivity index (χ1) is 17.8. The average Bonchev–Trinajstić information content (AvgIpc) is 2.80. The van der Waals surface area contributed by atoms with E-state index in [2.05, 4.69) is 4.98 Å². The van der Waals surface area contributed by atoms with E-state index < -0.39 is 52.3 Å². The first kappa shape index (κ1) is 25.6. The number of benzene rings is 1. The van der Waals surface area contributed by atoms with Gasteiger partial charge in [0, 0.05) is 22.9 Å². The van der Waals surface area contributed by atoms with Crippen molar-refractivity contribution in [1.29, 1.82) is 0 Å². The Morgan fingerprint density at radius 2 is 1.76 bits per heavy atom. The molecule has 1 aromatic carbocycles. The zero-order valence-corrected chi connectivity index (χ0v) is 21.6. The molecule has 5 rings (SSSR count). The topological polar surface area (TPSA) is 180 Å². The predicted molar refractivity (Wildman–Crippen MR) is 138 cm³/mol. The van der Waals surface area contributed by atoms with Crippen LogP contribution in [0.4, 0.5) is 0 Å². The number of nitrogens with zero attached hydrogens (tertiary/aromatic N) is 2. The van der Waals surface area contributed by atoms with Gasteiger partial charge in [0.2, 0.25) is 0 Å². The van der Waals surface area contributed by atoms with Crippen molar-refractivity contribution in [3.05, 3.63) is 69.4 Å². The third kappa shape index (κ3) is 3.40. The fourth-order valence-electron chi connectivity index (χ4n) is 6.59. The highest BCUT2D eigenvalue weighted by Gasteiger charge is 2.61. The van der Waals surface area contributed by atoms with Crippen LogP contribution in [0.3, 0.4) is 0 Å². The summed E-state index contributed by atoms with van der Waals surface area (Å²) in [4.78, 5) is 45.3. The fraction of sp³-hybridized carbons (Fsp3) is 0.357. The molecule has 0 aliphatic heterocycles. The lowest BCUT2D eigenvalue weighted by atomic mass is 9.58. The van der Waals surface area contributed by atoms with E-state index in [1.54, 1.807) is 25.1 Å². The number of carbonyl (C=O) groups excluding carboxylic acids is 3. The van der Waals surface area contributed by atoms with Crippen LogP contribution in [0.2, 0.25) is 0 Å². The molecule has 198 valence electrons. The molecule has 7 N–H and O–H groups in total. The number of phenols is 1. The van der Waals surface area contributed by atoms with Crippen LogP contribution in [0.5, 0.6) is 5.75 Å². The van der Waals surface area contributed by atoms with Crippen LogP contribution < -0.4 is 11.5 Å². The molecule has 10 heteroatoms. The summed E-state index contributed by atoms with van der Waals surface area (Å²) in [7, 11) is 3.23. The lowest BCUT2D eigenvalue weighted by Crippen LogP contribution is -2.64. The number of aromatic nitrogens is 1. The van der Waals surface area contributed by atoms with Gasteiger partial charge in [-0.1, -0.05) is 6.07 Å². The van der Waals surface area contributed by atoms with Crippen LogP contribution in [-0.2, 0) is 16.0 Å². The fourth-order valence-corrected chi connectivity index (χ4v) is 6.59. The Bertz CT molecular complexity index is 1490. The Morgan fingerprint density at radius 3 is 2.34 bits per heavy atom. The molecular formula is C28H30N4O6. The Hall–Kier alpha value is -4.02. The SMILES string of the molecule is Cc1cc(-c2ccc(O)c3c2C[C@H]2C[C@H]4[C@H](N(C)C)C(=O)C(C(N)=O)=C(O)[C@@]4(O)C(N)=C2C3=O)cc(C)n1. The lowest BCUT2D eigenvalue weighted by molar-refractivity contribution is -0.134. The highest BCUT2D eigenvalue weighted by molar-refractivity contribution is 6.22. The van der Waals surface area contributed by atoms with Crippen molar-refractivity contribution in [1.82, 2.24) is 9.88 Å². The zero-order chi connectivity index (χ0) is 27.8. The first-order valence-corrected chi connectivity index (χ1v) is 12.3. The van der Waals surface area contributed by atoms with Gasteiger partial charge in [-0.05, 0) is 81.6 Å². The number of phenolic OH excluding ortho intramolecular Hbond substituents is 1. The lowest BCUT2D eigenvalue weighted by Gasteiger charge is -2.51. The maximum atomic E-state index is 13.9. The summed E-state index contributed by atoms with van der Waals surface area (Å²) < 4.78 is 0. The average molecular weight is 519 g/mol. The van der Waals surface area contributed by atoms with Gasteiger partial charge in [0.05, 0.1) is 17.3 Å². The van der Waals surface area contributed by atoms with Gasteiger partial charge in [0.15, 0.2) is 17.2 Å². The second-order valence-electron chi connectivity index (χ2n) is 10.7. The maximum Gasteiger partial charge on any atom is 0.255 e. The summed E-state index contributed by atoms with van der Waals surface area (Å²) in [5.41, 5.74) is 12.4. The number of aliphatic hydroxyl groups is 2. The second kappa shape index (κ2) is 8.50. The molecule has 0 unspecified atom stereocenters. The van der Waals surface area contributed by atoms with Gasteiger partial charge in [-0.15, -0.1) is 0 Å². The van der Waals surface area contributed by atoms with Crippen LogP contribution >= 0.6 is 0 Å². The number of allylic oxidation sites excluding steroid dienone is 1. The van der Waals surface area contributed by atoms with Gasteiger partial charge < -0.3 is 26.8 Å². The third-order valence-electron chi connectivity index (χ3n) is 8.09. The number of hydrogen-bond donors (Lipinski definition) is 5. The van der Waals surface area contributed by atoms with E-state index in [1.165, 1.54) is 6.07 Å². The summed E-state index contributed by atoms with van der Waals surface area (Å²) >= 11 is 0. The number of amides is 1. The number of carbonyl (C=O) groups is 3. The van der Waals surface area contributed by atoms with E-state index in [4.69, 9.17) is 11.5 Å². The smallest absolute Gasteiger partial charge is 0.255 e. The highest BCUT2D eigenvalue weighted by atomic mass is 16.3. The number of fused-ring (bicyclic) bond motifs is 3. The summed E-state index contributed by atoms with van der Waals surface area (Å²) in [6.07, 6.45) is 0.418. The minimum Gasteiger partial charge on any atom is -0.508 e. The number of Topliss-reactive ketones (excluding diaryl/α,β-unsaturated/α-hetero) is 2. The Labute approximate surface area is 219 Å². The number of rotatable bonds is 3. The quantitative estimate of drug-likeness (QED) is 0.373. The van der Waals surface area contributed by atoms with E-state index in [-0.39, 0.29) is 29.0 Å². The molecule has 10 nitrogen and oxygen atoms in total. The van der Waals surface area contributed by atoms with E-state index in [9.17, 15) is 29.7 Å². The standard InChI is InChI=1S/C28H30N4O6/c1-11-7-13(8-12(2)31-11)15-5-6-18(33)20-16(15)9-14-10-17-22(32(3)4)24(35)21(27(30)37)26(36)28(17,38)25(29)19(14)23(20)34/h5-8,14,17,22,33,36,38H,9-10,29H2,1-4H3,(H2,30,37)/t14-,17-,22-,28-/m0/s1. The van der Waals surface area contributed by atoms with Gasteiger partial charge in [-0.25, -0.2) is 0 Å². The van der Waals surface area contributed by atoms with Gasteiger partial charge >= 0.3 is 0 Å². The molecule has 1 amide bonds. The van der Waals surface area contributed by atoms with E-state index in [1.807, 2.05) is 26.0 Å². The van der Waals surface area contributed by atoms with Crippen LogP contribution in [0.1, 0.15) is 33.7 Å². The molecule has 4 atom stereocenters. The van der Waals surface area contributed by atoms with Crippen molar-refractivity contribution >= 4 is 17.5 Å². The molecular weight excluding hydrogens is 488 g/mol. The number of nitrogens with two attached hydrogens (primary N) is 2. The molecule has 38 heavy (non-hydrogen) atoms. The highest BCUT2D eigenvalue weighted by Crippen LogP contribution is 2.53. The third-order valence-corrected chi connectivity index (χ3v) is 8.09. The van der Waals surface area contributed by atoms with Crippen LogP contribution in [-0.4, -0.2) is 68.4 Å². The largest absolute Gasteiger partial charge is 0.508 e. The number of aryl methyl sites for hydroxylation is 2. The molecule has 1 heterocycles. The maximum absolute atomic E-state index is 13.9. The van der Waals surface area contributed by atoms with Crippen LogP contribution in [0, 0.1) is 25.7 Å². The number of likely N-dealkylation sites (N-methyl/N-ethyl adjacent to an activating group) is 1. The summed E-state index contributed by atoms with van der Waals surface area (Å²) in [5.74, 6) is -5.13. The van der Waals surface area contributed by atoms with Crippen molar-refractivity contribution < 1.29 is 29.7 Å². The monoisotopic (exact) mass is 518 g/mol. The molecule has 3 aliphatic carbocycles. The van der Waals surface area contributed by atoms with E-state index >= 15 is 0 Å². The molecule has 0 bridgehead atoms. The van der Waals surface area contributed by atoms with Gasteiger partial charge in [0.1, 0.15) is 17.1 Å². The zero-order valence-electron chi connectivity index (χ0n) is 21.6. The van der Waals surface area contributed by atoms with Gasteiger partial charge in [-0.3, -0.25) is 24.3 Å². The summed E-state index contributed by atoms with van der Waals surface area (Å²) in [6, 6.07) is 5.98. The van der Waals surface area contributed by atoms with E-state index in [0.29, 0.717) is 12.0 Å². The molecule has 0 spiro atoms. The Morgan fingerprint density at radius 1 is 1.13 bits per heavy atom. The summed E-state index contributed by atoms with van der Waals surface area (Å²) in [6.45, 7) is 3.75. The van der Waals surface area contributed by atoms with Crippen molar-refractivity contribution in [2.24, 2.45) is 23.3 Å².